The van der Waals surface area contributed by atoms with Gasteiger partial charge in [-0.15, -0.1) is 0 Å². The predicted octanol–water partition coefficient (Wildman–Crippen LogP) is 1.95. The van der Waals surface area contributed by atoms with Crippen LogP contribution in [-0.2, 0) is 13.0 Å². The van der Waals surface area contributed by atoms with Crippen molar-refractivity contribution in [2.24, 2.45) is 4.99 Å². The number of rotatable bonds is 10. The van der Waals surface area contributed by atoms with Gasteiger partial charge in [0.25, 0.3) is 6.54 Å². The van der Waals surface area contributed by atoms with Crippen LogP contribution in [0.4, 0.5) is 0 Å². The zero-order valence-corrected chi connectivity index (χ0v) is 13.7. The lowest BCUT2D eigenvalue weighted by Gasteiger charge is -2.06. The first-order valence-corrected chi connectivity index (χ1v) is 7.55. The number of hydrogen-bond donors (Lipinski definition) is 1. The molecule has 1 aromatic rings. The number of hydrogen-bond acceptors (Lipinski definition) is 5. The molecule has 0 fully saturated rings. The number of nitro groups is 1. The van der Waals surface area contributed by atoms with Crippen LogP contribution in [0, 0.1) is 10.1 Å². The van der Waals surface area contributed by atoms with Crippen LogP contribution in [0.15, 0.2) is 21.5 Å². The standard InChI is InChI=1S/C15H26N4O3/c1-16-15(12-19(20)21)17-10-6-4-5-7-13-8-9-14(22-13)11-18(2)3/h8-9H,4-7,10-12H2,1-3H3,(H,16,17). The molecule has 22 heavy (non-hydrogen) atoms. The Morgan fingerprint density at radius 3 is 2.68 bits per heavy atom. The molecular formula is C15H26N4O3. The minimum Gasteiger partial charge on any atom is -0.465 e. The summed E-state index contributed by atoms with van der Waals surface area (Å²) in [6.07, 6.45) is 3.98. The molecule has 0 bridgehead atoms. The summed E-state index contributed by atoms with van der Waals surface area (Å²) >= 11 is 0. The molecule has 0 saturated carbocycles. The van der Waals surface area contributed by atoms with E-state index in [0.717, 1.165) is 43.7 Å². The molecule has 0 aliphatic carbocycles. The molecule has 0 atom stereocenters. The number of aliphatic imine (C=N–C) groups is 1. The van der Waals surface area contributed by atoms with Crippen molar-refractivity contribution in [2.75, 3.05) is 34.2 Å². The van der Waals surface area contributed by atoms with Gasteiger partial charge in [0.1, 0.15) is 11.5 Å². The highest BCUT2D eigenvalue weighted by Gasteiger charge is 2.05. The summed E-state index contributed by atoms with van der Waals surface area (Å²) in [5.41, 5.74) is 0. The van der Waals surface area contributed by atoms with Crippen molar-refractivity contribution in [1.29, 1.82) is 0 Å². The lowest BCUT2D eigenvalue weighted by molar-refractivity contribution is -0.463. The quantitative estimate of drug-likeness (QED) is 0.235. The van der Waals surface area contributed by atoms with E-state index in [-0.39, 0.29) is 11.5 Å². The molecule has 0 saturated heterocycles. The van der Waals surface area contributed by atoms with E-state index in [9.17, 15) is 10.1 Å². The zero-order valence-electron chi connectivity index (χ0n) is 13.7. The SMILES string of the molecule is CN=C(C[N+](=O)[O-])NCCCCCc1ccc(CN(C)C)o1. The van der Waals surface area contributed by atoms with Gasteiger partial charge in [0.2, 0.25) is 0 Å². The van der Waals surface area contributed by atoms with Crippen molar-refractivity contribution < 1.29 is 9.34 Å². The van der Waals surface area contributed by atoms with E-state index in [1.165, 1.54) is 0 Å². The van der Waals surface area contributed by atoms with Crippen molar-refractivity contribution in [1.82, 2.24) is 10.2 Å². The van der Waals surface area contributed by atoms with Crippen molar-refractivity contribution in [3.05, 3.63) is 33.8 Å². The molecule has 0 aliphatic rings. The zero-order chi connectivity index (χ0) is 16.4. The fourth-order valence-electron chi connectivity index (χ4n) is 2.11. The van der Waals surface area contributed by atoms with Gasteiger partial charge in [-0.1, -0.05) is 6.42 Å². The minimum absolute atomic E-state index is 0.239. The van der Waals surface area contributed by atoms with Crippen LogP contribution in [0.2, 0.25) is 0 Å². The molecule has 7 heteroatoms. The van der Waals surface area contributed by atoms with Gasteiger partial charge in [0.05, 0.1) is 6.54 Å². The van der Waals surface area contributed by atoms with Crippen LogP contribution in [0.1, 0.15) is 30.8 Å². The Kier molecular flexibility index (Phi) is 8.21. The Morgan fingerprint density at radius 2 is 2.05 bits per heavy atom. The molecule has 1 N–H and O–H groups in total. The highest BCUT2D eigenvalue weighted by molar-refractivity contribution is 5.82. The van der Waals surface area contributed by atoms with Gasteiger partial charge in [0.15, 0.2) is 5.84 Å². The summed E-state index contributed by atoms with van der Waals surface area (Å²) in [4.78, 5) is 16.0. The molecule has 0 amide bonds. The number of unbranched alkanes of at least 4 members (excludes halogenated alkanes) is 2. The van der Waals surface area contributed by atoms with E-state index in [1.54, 1.807) is 7.05 Å². The van der Waals surface area contributed by atoms with Crippen LogP contribution >= 0.6 is 0 Å². The first kappa shape index (κ1) is 18.2. The molecule has 0 spiro atoms. The summed E-state index contributed by atoms with van der Waals surface area (Å²) in [6, 6.07) is 4.06. The van der Waals surface area contributed by atoms with Crippen LogP contribution < -0.4 is 5.32 Å². The fourth-order valence-corrected chi connectivity index (χ4v) is 2.11. The summed E-state index contributed by atoms with van der Waals surface area (Å²) in [5, 5.41) is 13.4. The first-order chi connectivity index (χ1) is 10.5. The van der Waals surface area contributed by atoms with Gasteiger partial charge >= 0.3 is 0 Å². The Bertz CT molecular complexity index is 483. The average molecular weight is 310 g/mol. The maximum absolute atomic E-state index is 10.4. The van der Waals surface area contributed by atoms with Gasteiger partial charge in [-0.05, 0) is 39.1 Å². The summed E-state index contributed by atoms with van der Waals surface area (Å²) in [5.74, 6) is 2.45. The van der Waals surface area contributed by atoms with Gasteiger partial charge in [0, 0.05) is 24.9 Å². The average Bonchev–Trinajstić information content (AvgIpc) is 2.87. The fraction of sp³-hybridized carbons (Fsp3) is 0.667. The maximum atomic E-state index is 10.4. The number of amidine groups is 1. The molecule has 0 radical (unpaired) electrons. The molecule has 1 rings (SSSR count). The Labute approximate surface area is 131 Å². The summed E-state index contributed by atoms with van der Waals surface area (Å²) in [7, 11) is 5.60. The predicted molar refractivity (Wildman–Crippen MR) is 86.9 cm³/mol. The van der Waals surface area contributed by atoms with E-state index in [1.807, 2.05) is 26.2 Å². The third-order valence-corrected chi connectivity index (χ3v) is 3.17. The number of furan rings is 1. The van der Waals surface area contributed by atoms with Crippen molar-refractivity contribution in [3.63, 3.8) is 0 Å². The van der Waals surface area contributed by atoms with Gasteiger partial charge in [-0.3, -0.25) is 15.1 Å². The second kappa shape index (κ2) is 9.94. The van der Waals surface area contributed by atoms with Crippen molar-refractivity contribution in [2.45, 2.75) is 32.2 Å². The lowest BCUT2D eigenvalue weighted by Crippen LogP contribution is -2.30. The van der Waals surface area contributed by atoms with Crippen LogP contribution in [0.5, 0.6) is 0 Å². The maximum Gasteiger partial charge on any atom is 0.259 e. The molecule has 1 heterocycles. The Hall–Kier alpha value is -1.89. The van der Waals surface area contributed by atoms with E-state index in [2.05, 4.69) is 15.2 Å². The van der Waals surface area contributed by atoms with Gasteiger partial charge in [-0.25, -0.2) is 0 Å². The summed E-state index contributed by atoms with van der Waals surface area (Å²) in [6.45, 7) is 1.29. The third-order valence-electron chi connectivity index (χ3n) is 3.17. The van der Waals surface area contributed by atoms with Crippen LogP contribution in [0.3, 0.4) is 0 Å². The number of aryl methyl sites for hydroxylation is 1. The van der Waals surface area contributed by atoms with Crippen LogP contribution in [-0.4, -0.2) is 49.9 Å². The highest BCUT2D eigenvalue weighted by Crippen LogP contribution is 2.12. The minimum atomic E-state index is -0.377. The number of nitrogens with zero attached hydrogens (tertiary/aromatic N) is 3. The van der Waals surface area contributed by atoms with E-state index in [4.69, 9.17) is 4.42 Å². The smallest absolute Gasteiger partial charge is 0.259 e. The topological polar surface area (TPSA) is 83.9 Å². The van der Waals surface area contributed by atoms with Gasteiger partial charge in [-0.2, -0.15) is 0 Å². The third kappa shape index (κ3) is 7.78. The monoisotopic (exact) mass is 310 g/mol. The van der Waals surface area contributed by atoms with E-state index >= 15 is 0 Å². The second-order valence-electron chi connectivity index (χ2n) is 5.50. The van der Waals surface area contributed by atoms with E-state index < -0.39 is 0 Å². The highest BCUT2D eigenvalue weighted by atomic mass is 16.6. The second-order valence-corrected chi connectivity index (χ2v) is 5.50. The lowest BCUT2D eigenvalue weighted by atomic mass is 10.1. The molecule has 124 valence electrons. The summed E-state index contributed by atoms with van der Waals surface area (Å²) < 4.78 is 5.75. The molecule has 0 aromatic carbocycles. The Morgan fingerprint density at radius 1 is 1.32 bits per heavy atom. The normalized spacial score (nSPS) is 11.9. The van der Waals surface area contributed by atoms with Crippen LogP contribution in [0.25, 0.3) is 0 Å². The molecule has 1 aromatic heterocycles. The number of nitrogens with one attached hydrogen (secondary N) is 1. The molecule has 0 unspecified atom stereocenters. The first-order valence-electron chi connectivity index (χ1n) is 7.55. The van der Waals surface area contributed by atoms with Gasteiger partial charge < -0.3 is 14.6 Å². The Balaban J connectivity index is 2.12. The molecule has 7 nitrogen and oxygen atoms in total. The molecule has 0 aliphatic heterocycles. The van der Waals surface area contributed by atoms with E-state index in [0.29, 0.717) is 12.4 Å². The largest absolute Gasteiger partial charge is 0.465 e. The van der Waals surface area contributed by atoms with Crippen molar-refractivity contribution in [3.8, 4) is 0 Å². The molecular weight excluding hydrogens is 284 g/mol. The van der Waals surface area contributed by atoms with Crippen molar-refractivity contribution >= 4 is 5.84 Å².